The Bertz CT molecular complexity index is 526. The zero-order valence-electron chi connectivity index (χ0n) is 12.4. The van der Waals surface area contributed by atoms with Crippen LogP contribution in [-0.4, -0.2) is 49.9 Å². The van der Waals surface area contributed by atoms with E-state index in [4.69, 9.17) is 5.11 Å². The molecule has 0 saturated carbocycles. The Balaban J connectivity index is 2.16. The number of hydrogen-bond donors (Lipinski definition) is 4. The van der Waals surface area contributed by atoms with Gasteiger partial charge in [-0.2, -0.15) is 0 Å². The molecule has 0 amide bonds. The van der Waals surface area contributed by atoms with Gasteiger partial charge < -0.3 is 20.4 Å². The van der Waals surface area contributed by atoms with Gasteiger partial charge in [-0.05, 0) is 24.3 Å². The summed E-state index contributed by atoms with van der Waals surface area (Å²) in [5, 5.41) is 39.0. The van der Waals surface area contributed by atoms with Crippen LogP contribution in [0.15, 0.2) is 70.5 Å². The van der Waals surface area contributed by atoms with Gasteiger partial charge >= 0.3 is 0 Å². The van der Waals surface area contributed by atoms with Crippen LogP contribution in [0.5, 0.6) is 0 Å². The summed E-state index contributed by atoms with van der Waals surface area (Å²) in [4.78, 5) is 1.90. The molecular weight excluding hydrogens is 332 g/mol. The van der Waals surface area contributed by atoms with Crippen molar-refractivity contribution in [1.29, 1.82) is 0 Å². The first-order chi connectivity index (χ1) is 11.1. The van der Waals surface area contributed by atoms with Crippen LogP contribution >= 0.6 is 23.5 Å². The number of benzene rings is 2. The summed E-state index contributed by atoms with van der Waals surface area (Å²) in [5.41, 5.74) is 0. The van der Waals surface area contributed by atoms with E-state index in [1.54, 1.807) is 0 Å². The maximum Gasteiger partial charge on any atom is 0.110 e. The highest BCUT2D eigenvalue weighted by Gasteiger charge is 2.32. The van der Waals surface area contributed by atoms with E-state index in [1.807, 2.05) is 60.7 Å². The SMILES string of the molecule is OC[C@@H](O)[C@@H](O)[C@@H](O)C(Sc1ccccc1)Sc1ccccc1. The van der Waals surface area contributed by atoms with Crippen molar-refractivity contribution in [1.82, 2.24) is 0 Å². The first-order valence-corrected chi connectivity index (χ1v) is 8.96. The molecule has 0 saturated heterocycles. The van der Waals surface area contributed by atoms with Crippen molar-refractivity contribution in [2.24, 2.45) is 0 Å². The fourth-order valence-electron chi connectivity index (χ4n) is 1.93. The molecule has 0 aliphatic carbocycles. The molecule has 124 valence electrons. The molecule has 0 radical (unpaired) electrons. The van der Waals surface area contributed by atoms with E-state index in [0.29, 0.717) is 0 Å². The number of aliphatic hydroxyl groups excluding tert-OH is 4. The molecule has 0 aliphatic heterocycles. The average molecular weight is 352 g/mol. The molecule has 4 N–H and O–H groups in total. The summed E-state index contributed by atoms with van der Waals surface area (Å²) in [6, 6.07) is 19.1. The monoisotopic (exact) mass is 352 g/mol. The van der Waals surface area contributed by atoms with Gasteiger partial charge in [0.05, 0.1) is 11.2 Å². The predicted molar refractivity (Wildman–Crippen MR) is 93.5 cm³/mol. The van der Waals surface area contributed by atoms with Gasteiger partial charge in [-0.25, -0.2) is 0 Å². The maximum absolute atomic E-state index is 10.4. The van der Waals surface area contributed by atoms with Crippen molar-refractivity contribution >= 4 is 23.5 Å². The third-order valence-electron chi connectivity index (χ3n) is 3.20. The van der Waals surface area contributed by atoms with Crippen LogP contribution in [0.3, 0.4) is 0 Å². The lowest BCUT2D eigenvalue weighted by Crippen LogP contribution is -2.43. The Hall–Kier alpha value is -1.02. The highest BCUT2D eigenvalue weighted by molar-refractivity contribution is 8.17. The molecule has 0 unspecified atom stereocenters. The molecule has 3 atom stereocenters. The largest absolute Gasteiger partial charge is 0.394 e. The lowest BCUT2D eigenvalue weighted by Gasteiger charge is -2.28. The van der Waals surface area contributed by atoms with E-state index < -0.39 is 29.5 Å². The van der Waals surface area contributed by atoms with Gasteiger partial charge in [-0.3, -0.25) is 0 Å². The molecule has 0 spiro atoms. The van der Waals surface area contributed by atoms with Crippen molar-refractivity contribution in [3.63, 3.8) is 0 Å². The molecule has 2 rings (SSSR count). The van der Waals surface area contributed by atoms with Gasteiger partial charge in [-0.15, -0.1) is 23.5 Å². The van der Waals surface area contributed by atoms with Crippen molar-refractivity contribution in [2.45, 2.75) is 32.7 Å². The van der Waals surface area contributed by atoms with Gasteiger partial charge in [-0.1, -0.05) is 36.4 Å². The molecule has 6 heteroatoms. The van der Waals surface area contributed by atoms with E-state index in [1.165, 1.54) is 23.5 Å². The summed E-state index contributed by atoms with van der Waals surface area (Å²) < 4.78 is -0.434. The van der Waals surface area contributed by atoms with Gasteiger partial charge in [0.15, 0.2) is 0 Å². The van der Waals surface area contributed by atoms with E-state index in [2.05, 4.69) is 0 Å². The van der Waals surface area contributed by atoms with Crippen LogP contribution in [0, 0.1) is 0 Å². The molecule has 23 heavy (non-hydrogen) atoms. The Labute approximate surface area is 144 Å². The minimum Gasteiger partial charge on any atom is -0.394 e. The summed E-state index contributed by atoms with van der Waals surface area (Å²) in [6.07, 6.45) is -4.00. The summed E-state index contributed by atoms with van der Waals surface area (Å²) >= 11 is 2.82. The number of rotatable bonds is 8. The van der Waals surface area contributed by atoms with Crippen molar-refractivity contribution in [2.75, 3.05) is 6.61 Å². The molecule has 0 aliphatic rings. The van der Waals surface area contributed by atoms with Crippen LogP contribution in [-0.2, 0) is 0 Å². The second-order valence-corrected chi connectivity index (χ2v) is 7.69. The second-order valence-electron chi connectivity index (χ2n) is 4.96. The van der Waals surface area contributed by atoms with Crippen LogP contribution in [0.4, 0.5) is 0 Å². The van der Waals surface area contributed by atoms with Crippen molar-refractivity contribution in [3.05, 3.63) is 60.7 Å². The summed E-state index contributed by atoms with van der Waals surface area (Å²) in [7, 11) is 0. The summed E-state index contributed by atoms with van der Waals surface area (Å²) in [6.45, 7) is -0.600. The highest BCUT2D eigenvalue weighted by atomic mass is 32.2. The van der Waals surface area contributed by atoms with E-state index >= 15 is 0 Å². The smallest absolute Gasteiger partial charge is 0.110 e. The molecule has 4 nitrogen and oxygen atoms in total. The quantitative estimate of drug-likeness (QED) is 0.430. The van der Waals surface area contributed by atoms with Crippen molar-refractivity contribution < 1.29 is 20.4 Å². The molecular formula is C17H20O4S2. The second kappa shape index (κ2) is 9.32. The number of thioether (sulfide) groups is 2. The lowest BCUT2D eigenvalue weighted by atomic mass is 10.1. The minimum absolute atomic E-state index is 0.434. The van der Waals surface area contributed by atoms with Crippen LogP contribution in [0.1, 0.15) is 0 Å². The third-order valence-corrected chi connectivity index (χ3v) is 5.89. The van der Waals surface area contributed by atoms with Gasteiger partial charge in [0.25, 0.3) is 0 Å². The number of hydrogen-bond acceptors (Lipinski definition) is 6. The molecule has 0 heterocycles. The maximum atomic E-state index is 10.4. The Morgan fingerprint density at radius 1 is 0.696 bits per heavy atom. The topological polar surface area (TPSA) is 80.9 Å². The van der Waals surface area contributed by atoms with Gasteiger partial charge in [0.1, 0.15) is 18.3 Å². The molecule has 0 bridgehead atoms. The average Bonchev–Trinajstić information content (AvgIpc) is 2.61. The highest BCUT2D eigenvalue weighted by Crippen LogP contribution is 2.38. The summed E-state index contributed by atoms with van der Waals surface area (Å²) in [5.74, 6) is 0. The third kappa shape index (κ3) is 5.53. The zero-order valence-corrected chi connectivity index (χ0v) is 14.0. The normalized spacial score (nSPS) is 15.3. The van der Waals surface area contributed by atoms with Crippen LogP contribution in [0.25, 0.3) is 0 Å². The molecule has 0 fully saturated rings. The van der Waals surface area contributed by atoms with Gasteiger partial charge in [0, 0.05) is 9.79 Å². The van der Waals surface area contributed by atoms with Crippen LogP contribution < -0.4 is 0 Å². The van der Waals surface area contributed by atoms with Crippen molar-refractivity contribution in [3.8, 4) is 0 Å². The fraction of sp³-hybridized carbons (Fsp3) is 0.294. The van der Waals surface area contributed by atoms with E-state index in [0.717, 1.165) is 9.79 Å². The van der Waals surface area contributed by atoms with Gasteiger partial charge in [0.2, 0.25) is 0 Å². The number of aliphatic hydroxyl groups is 4. The molecule has 0 aromatic heterocycles. The fourth-order valence-corrected chi connectivity index (χ4v) is 4.55. The molecule has 2 aromatic carbocycles. The minimum atomic E-state index is -1.42. The first kappa shape index (κ1) is 18.3. The zero-order chi connectivity index (χ0) is 16.7. The van der Waals surface area contributed by atoms with Crippen LogP contribution in [0.2, 0.25) is 0 Å². The molecule has 2 aromatic rings. The lowest BCUT2D eigenvalue weighted by molar-refractivity contribution is -0.0706. The first-order valence-electron chi connectivity index (χ1n) is 7.20. The Morgan fingerprint density at radius 2 is 1.13 bits per heavy atom. The Morgan fingerprint density at radius 3 is 1.52 bits per heavy atom. The standard InChI is InChI=1S/C17H20O4S2/c18-11-14(19)15(20)16(21)17(22-12-7-3-1-4-8-12)23-13-9-5-2-6-10-13/h1-10,14-21H,11H2/t14-,15-,16-/m1/s1. The van der Waals surface area contributed by atoms with E-state index in [-0.39, 0.29) is 0 Å². The predicted octanol–water partition coefficient (Wildman–Crippen LogP) is 1.97. The Kier molecular flexibility index (Phi) is 7.42. The van der Waals surface area contributed by atoms with E-state index in [9.17, 15) is 15.3 Å².